The van der Waals surface area contributed by atoms with Gasteiger partial charge in [0, 0.05) is 23.4 Å². The average molecular weight is 609 g/mol. The normalized spacial score (nSPS) is 16.7. The predicted molar refractivity (Wildman–Crippen MR) is 155 cm³/mol. The fourth-order valence-electron chi connectivity index (χ4n) is 4.74. The highest BCUT2D eigenvalue weighted by Gasteiger charge is 2.35. The molecule has 13 nitrogen and oxygen atoms in total. The Hall–Kier alpha value is -3.25. The molecule has 232 valence electrons. The van der Waals surface area contributed by atoms with Gasteiger partial charge >= 0.3 is 7.82 Å². The Morgan fingerprint density at radius 1 is 1.07 bits per heavy atom. The molecule has 1 aliphatic heterocycles. The molecule has 0 bridgehead atoms. The topological polar surface area (TPSA) is 174 Å². The number of rotatable bonds is 17. The first-order chi connectivity index (χ1) is 20.0. The van der Waals surface area contributed by atoms with Crippen LogP contribution in [-0.4, -0.2) is 74.0 Å². The number of aromatic nitrogens is 1. The molecule has 0 saturated carbocycles. The summed E-state index contributed by atoms with van der Waals surface area (Å²) in [6.45, 7) is 6.87. The number of carbonyl (C=O) groups excluding carboxylic acids is 4. The summed E-state index contributed by atoms with van der Waals surface area (Å²) < 4.78 is 33.5. The molecule has 2 heterocycles. The van der Waals surface area contributed by atoms with Gasteiger partial charge in [-0.15, -0.1) is 0 Å². The number of carbonyl (C=O) groups is 4. The largest absolute Gasteiger partial charge is 0.496 e. The van der Waals surface area contributed by atoms with Crippen LogP contribution in [0.4, 0.5) is 0 Å². The number of ether oxygens (including phenoxy) is 1. The van der Waals surface area contributed by atoms with E-state index in [4.69, 9.17) is 18.3 Å². The summed E-state index contributed by atoms with van der Waals surface area (Å²) in [6, 6.07) is 4.89. The molecular formula is C28H41N4O9P. The van der Waals surface area contributed by atoms with Crippen molar-refractivity contribution in [2.75, 3.05) is 33.5 Å². The van der Waals surface area contributed by atoms with Crippen LogP contribution in [0.25, 0.3) is 10.9 Å². The second-order valence-corrected chi connectivity index (χ2v) is 12.0. The third-order valence-electron chi connectivity index (χ3n) is 6.75. The molecule has 4 N–H and O–H groups in total. The van der Waals surface area contributed by atoms with Crippen LogP contribution in [0.5, 0.6) is 5.75 Å². The molecule has 3 amide bonds. The number of H-pyrrole nitrogens is 1. The number of nitrogens with one attached hydrogen (secondary N) is 4. The van der Waals surface area contributed by atoms with Gasteiger partial charge in [-0.1, -0.05) is 19.9 Å². The van der Waals surface area contributed by atoms with Gasteiger partial charge in [-0.3, -0.25) is 32.7 Å². The number of hydrogen-bond donors (Lipinski definition) is 4. The number of Topliss-reactive ketones (excluding diaryl/α,β-unsaturated/α-hetero) is 1. The molecule has 3 rings (SSSR count). The predicted octanol–water partition coefficient (Wildman–Crippen LogP) is 3.10. The number of amides is 3. The summed E-state index contributed by atoms with van der Waals surface area (Å²) in [5.41, 5.74) is 0.934. The van der Waals surface area contributed by atoms with E-state index in [1.54, 1.807) is 38.1 Å². The van der Waals surface area contributed by atoms with Crippen molar-refractivity contribution < 1.29 is 42.1 Å². The number of fused-ring (bicyclic) bond motifs is 1. The highest BCUT2D eigenvalue weighted by Crippen LogP contribution is 2.49. The van der Waals surface area contributed by atoms with E-state index in [1.165, 1.54) is 7.11 Å². The molecule has 2 aromatic rings. The molecule has 14 heteroatoms. The first-order valence-corrected chi connectivity index (χ1v) is 15.6. The lowest BCUT2D eigenvalue weighted by Gasteiger charge is -2.25. The second-order valence-electron chi connectivity index (χ2n) is 10.4. The zero-order valence-electron chi connectivity index (χ0n) is 24.7. The lowest BCUT2D eigenvalue weighted by Crippen LogP contribution is -2.53. The molecule has 1 aliphatic rings. The third kappa shape index (κ3) is 8.87. The molecule has 3 atom stereocenters. The molecule has 0 spiro atoms. The van der Waals surface area contributed by atoms with Gasteiger partial charge in [0.15, 0.2) is 5.78 Å². The number of ketones is 1. The molecular weight excluding hydrogens is 567 g/mol. The van der Waals surface area contributed by atoms with Gasteiger partial charge in [0.25, 0.3) is 5.91 Å². The number of hydrogen-bond acceptors (Lipinski definition) is 9. The van der Waals surface area contributed by atoms with Crippen molar-refractivity contribution >= 4 is 42.2 Å². The van der Waals surface area contributed by atoms with E-state index < -0.39 is 50.0 Å². The Morgan fingerprint density at radius 2 is 1.79 bits per heavy atom. The molecule has 0 radical (unpaired) electrons. The van der Waals surface area contributed by atoms with Crippen molar-refractivity contribution in [3.05, 3.63) is 30.0 Å². The van der Waals surface area contributed by atoms with Crippen LogP contribution in [0.3, 0.4) is 0 Å². The highest BCUT2D eigenvalue weighted by atomic mass is 31.2. The molecule has 1 aromatic heterocycles. The van der Waals surface area contributed by atoms with E-state index >= 15 is 0 Å². The fourth-order valence-corrected chi connectivity index (χ4v) is 5.88. The zero-order chi connectivity index (χ0) is 30.9. The quantitative estimate of drug-likeness (QED) is 0.197. The minimum atomic E-state index is -3.99. The summed E-state index contributed by atoms with van der Waals surface area (Å²) in [4.78, 5) is 55.4. The van der Waals surface area contributed by atoms with Crippen molar-refractivity contribution in [2.45, 2.75) is 59.0 Å². The lowest BCUT2D eigenvalue weighted by molar-refractivity contribution is -0.131. The van der Waals surface area contributed by atoms with Crippen LogP contribution in [0, 0.1) is 11.8 Å². The van der Waals surface area contributed by atoms with Crippen molar-refractivity contribution in [2.24, 2.45) is 11.8 Å². The number of methoxy groups -OCH3 is 1. The van der Waals surface area contributed by atoms with Crippen LogP contribution < -0.4 is 20.7 Å². The molecule has 42 heavy (non-hydrogen) atoms. The van der Waals surface area contributed by atoms with Gasteiger partial charge in [-0.25, -0.2) is 4.57 Å². The van der Waals surface area contributed by atoms with Gasteiger partial charge in [0.2, 0.25) is 11.8 Å². The molecule has 0 unspecified atom stereocenters. The number of phosphoric ester groups is 1. The Labute approximate surface area is 245 Å². The minimum absolute atomic E-state index is 0.0114. The first kappa shape index (κ1) is 33.3. The van der Waals surface area contributed by atoms with Crippen molar-refractivity contribution in [3.63, 3.8) is 0 Å². The summed E-state index contributed by atoms with van der Waals surface area (Å²) in [7, 11) is -2.45. The average Bonchev–Trinajstić information content (AvgIpc) is 3.57. The lowest BCUT2D eigenvalue weighted by atomic mass is 9.95. The maximum Gasteiger partial charge on any atom is 0.475 e. The first-order valence-electron chi connectivity index (χ1n) is 14.1. The monoisotopic (exact) mass is 608 g/mol. The Balaban J connectivity index is 1.78. The zero-order valence-corrected chi connectivity index (χ0v) is 25.6. The second kappa shape index (κ2) is 15.3. The van der Waals surface area contributed by atoms with E-state index in [0.29, 0.717) is 29.6 Å². The fraction of sp³-hybridized carbons (Fsp3) is 0.571. The molecule has 1 saturated heterocycles. The van der Waals surface area contributed by atoms with Crippen molar-refractivity contribution in [3.8, 4) is 5.75 Å². The SMILES string of the molecule is CCOP(=O)(OCC)OCC(=O)[C@H](C[C@@H]1CCNC1=O)NC(=O)[C@H](CC(C)C)NC(=O)c1cc2c(OC)cccc2[nH]1. The Morgan fingerprint density at radius 3 is 2.38 bits per heavy atom. The van der Waals surface area contributed by atoms with Gasteiger partial charge in [0.1, 0.15) is 24.1 Å². The maximum atomic E-state index is 13.5. The van der Waals surface area contributed by atoms with E-state index in [-0.39, 0.29) is 43.6 Å². The van der Waals surface area contributed by atoms with Crippen molar-refractivity contribution in [1.29, 1.82) is 0 Å². The number of aromatic amines is 1. The highest BCUT2D eigenvalue weighted by molar-refractivity contribution is 7.48. The third-order valence-corrected chi connectivity index (χ3v) is 8.34. The summed E-state index contributed by atoms with van der Waals surface area (Å²) in [5, 5.41) is 8.91. The number of phosphoric acid groups is 1. The van der Waals surface area contributed by atoms with E-state index in [2.05, 4.69) is 20.9 Å². The van der Waals surface area contributed by atoms with Crippen LogP contribution >= 0.6 is 7.82 Å². The standard InChI is InChI=1S/C28H41N4O9P/c1-6-39-42(37,40-7-2)41-16-24(33)21(14-18-11-12-29-26(18)34)31-27(35)22(13-17(3)4)32-28(36)23-15-19-20(30-23)9-8-10-25(19)38-5/h8-10,15,17-18,21-22,30H,6-7,11-14,16H2,1-5H3,(H,29,34)(H,31,35)(H,32,36)/t18-,21-,22-/m0/s1. The van der Waals surface area contributed by atoms with E-state index in [1.807, 2.05) is 13.8 Å². The number of benzene rings is 1. The van der Waals surface area contributed by atoms with Crippen LogP contribution in [-0.2, 0) is 32.5 Å². The summed E-state index contributed by atoms with van der Waals surface area (Å²) >= 11 is 0. The van der Waals surface area contributed by atoms with E-state index in [0.717, 1.165) is 0 Å². The summed E-state index contributed by atoms with van der Waals surface area (Å²) in [5.74, 6) is -1.84. The summed E-state index contributed by atoms with van der Waals surface area (Å²) in [6.07, 6.45) is 0.787. The maximum absolute atomic E-state index is 13.5. The molecule has 1 aromatic carbocycles. The van der Waals surface area contributed by atoms with Gasteiger partial charge < -0.3 is 25.7 Å². The van der Waals surface area contributed by atoms with Crippen LogP contribution in [0.15, 0.2) is 24.3 Å². The molecule has 1 fully saturated rings. The van der Waals surface area contributed by atoms with Gasteiger partial charge in [-0.05, 0) is 57.2 Å². The van der Waals surface area contributed by atoms with Gasteiger partial charge in [0.05, 0.1) is 26.4 Å². The Kier molecular flexibility index (Phi) is 12.1. The van der Waals surface area contributed by atoms with Crippen molar-refractivity contribution in [1.82, 2.24) is 20.9 Å². The molecule has 0 aliphatic carbocycles. The van der Waals surface area contributed by atoms with Crippen LogP contribution in [0.2, 0.25) is 0 Å². The van der Waals surface area contributed by atoms with Gasteiger partial charge in [-0.2, -0.15) is 0 Å². The smallest absolute Gasteiger partial charge is 0.475 e. The van der Waals surface area contributed by atoms with E-state index in [9.17, 15) is 23.7 Å². The van der Waals surface area contributed by atoms with Crippen LogP contribution in [0.1, 0.15) is 57.4 Å². The minimum Gasteiger partial charge on any atom is -0.496 e. The Bertz CT molecular complexity index is 1300.